The molecule has 0 radical (unpaired) electrons. The first-order chi connectivity index (χ1) is 9.06. The van der Waals surface area contributed by atoms with Gasteiger partial charge in [0, 0.05) is 11.5 Å². The predicted octanol–water partition coefficient (Wildman–Crippen LogP) is 1.43. The first kappa shape index (κ1) is 12.4. The van der Waals surface area contributed by atoms with E-state index in [9.17, 15) is 10.1 Å². The lowest BCUT2D eigenvalue weighted by atomic mass is 10.0. The third kappa shape index (κ3) is 2.42. The molecule has 7 nitrogen and oxygen atoms in total. The summed E-state index contributed by atoms with van der Waals surface area (Å²) in [6.07, 6.45) is 5.25. The van der Waals surface area contributed by atoms with Crippen LogP contribution in [-0.4, -0.2) is 44.6 Å². The Morgan fingerprint density at radius 3 is 2.84 bits per heavy atom. The zero-order chi connectivity index (χ0) is 13.5. The monoisotopic (exact) mass is 266 g/mol. The zero-order valence-electron chi connectivity index (χ0n) is 11.0. The van der Waals surface area contributed by atoms with Gasteiger partial charge in [0.1, 0.15) is 11.8 Å². The van der Waals surface area contributed by atoms with Crippen molar-refractivity contribution in [2.45, 2.75) is 38.3 Å². The van der Waals surface area contributed by atoms with Gasteiger partial charge in [0.05, 0.1) is 6.54 Å². The average molecular weight is 266 g/mol. The summed E-state index contributed by atoms with van der Waals surface area (Å²) in [5.74, 6) is -0.143. The molecule has 3 rings (SSSR count). The molecule has 2 aliphatic heterocycles. The van der Waals surface area contributed by atoms with Gasteiger partial charge in [0.15, 0.2) is 0 Å². The van der Waals surface area contributed by atoms with Crippen LogP contribution in [0.4, 0.5) is 5.82 Å². The van der Waals surface area contributed by atoms with Crippen LogP contribution in [0, 0.1) is 10.1 Å². The van der Waals surface area contributed by atoms with Crippen LogP contribution >= 0.6 is 0 Å². The zero-order valence-corrected chi connectivity index (χ0v) is 11.0. The lowest BCUT2D eigenvalue weighted by Gasteiger charge is -2.33. The van der Waals surface area contributed by atoms with Crippen molar-refractivity contribution in [3.8, 4) is 6.01 Å². The smallest absolute Gasteiger partial charge is 0.415 e. The fourth-order valence-electron chi connectivity index (χ4n) is 2.95. The Kier molecular flexibility index (Phi) is 2.93. The van der Waals surface area contributed by atoms with Gasteiger partial charge in [0.2, 0.25) is 0 Å². The molecule has 19 heavy (non-hydrogen) atoms. The molecule has 1 aromatic heterocycles. The number of aromatic nitrogens is 2. The Hall–Kier alpha value is -1.63. The van der Waals surface area contributed by atoms with Crippen LogP contribution in [0.15, 0.2) is 6.20 Å². The van der Waals surface area contributed by atoms with Crippen LogP contribution in [0.1, 0.15) is 26.2 Å². The molecule has 2 aliphatic rings. The Morgan fingerprint density at radius 2 is 2.21 bits per heavy atom. The van der Waals surface area contributed by atoms with Gasteiger partial charge < -0.3 is 14.9 Å². The van der Waals surface area contributed by atoms with Crippen LogP contribution < -0.4 is 4.74 Å². The minimum atomic E-state index is -0.489. The maximum absolute atomic E-state index is 10.7. The number of fused-ring (bicyclic) bond motifs is 1. The Bertz CT molecular complexity index is 470. The maximum atomic E-state index is 10.7. The quantitative estimate of drug-likeness (QED) is 0.611. The van der Waals surface area contributed by atoms with Crippen molar-refractivity contribution in [3.63, 3.8) is 0 Å². The first-order valence-electron chi connectivity index (χ1n) is 6.69. The van der Waals surface area contributed by atoms with Gasteiger partial charge in [-0.3, -0.25) is 9.47 Å². The van der Waals surface area contributed by atoms with Crippen LogP contribution in [0.5, 0.6) is 6.01 Å². The summed E-state index contributed by atoms with van der Waals surface area (Å²) < 4.78 is 7.57. The number of ether oxygens (including phenoxy) is 1. The summed E-state index contributed by atoms with van der Waals surface area (Å²) in [5.41, 5.74) is -0.325. The molecule has 0 N–H and O–H groups in total. The van der Waals surface area contributed by atoms with E-state index in [1.54, 1.807) is 4.57 Å². The average Bonchev–Trinajstić information content (AvgIpc) is 2.85. The number of hydrogen-bond acceptors (Lipinski definition) is 5. The van der Waals surface area contributed by atoms with E-state index in [4.69, 9.17) is 4.74 Å². The highest BCUT2D eigenvalue weighted by Gasteiger charge is 2.41. The van der Waals surface area contributed by atoms with Crippen molar-refractivity contribution in [2.24, 2.45) is 0 Å². The van der Waals surface area contributed by atoms with Crippen molar-refractivity contribution in [1.29, 1.82) is 0 Å². The number of rotatable bonds is 3. The van der Waals surface area contributed by atoms with Crippen LogP contribution in [0.2, 0.25) is 0 Å². The second kappa shape index (κ2) is 4.48. The third-order valence-corrected chi connectivity index (χ3v) is 3.76. The number of likely N-dealkylation sites (tertiary alicyclic amines) is 1. The highest BCUT2D eigenvalue weighted by Crippen LogP contribution is 2.31. The number of piperidine rings is 1. The Balaban J connectivity index is 1.67. The minimum Gasteiger partial charge on any atom is -0.436 e. The van der Waals surface area contributed by atoms with E-state index in [-0.39, 0.29) is 11.4 Å². The fourth-order valence-corrected chi connectivity index (χ4v) is 2.95. The second-order valence-corrected chi connectivity index (χ2v) is 5.66. The van der Waals surface area contributed by atoms with E-state index >= 15 is 0 Å². The second-order valence-electron chi connectivity index (χ2n) is 5.66. The summed E-state index contributed by atoms with van der Waals surface area (Å²) in [6, 6.07) is 0.367. The van der Waals surface area contributed by atoms with Crippen molar-refractivity contribution in [1.82, 2.24) is 14.5 Å². The standard InChI is InChI=1S/C12H18N4O3/c1-12(8-14-5-3-2-4-6-14)9-15-7-10(16(17)18)13-11(15)19-12/h7H,2-6,8-9H2,1H3/t12-/m0/s1. The Labute approximate surface area is 111 Å². The summed E-state index contributed by atoms with van der Waals surface area (Å²) in [7, 11) is 0. The molecule has 1 saturated heterocycles. The number of nitro groups is 1. The molecule has 0 spiro atoms. The van der Waals surface area contributed by atoms with Gasteiger partial charge in [-0.2, -0.15) is 0 Å². The van der Waals surface area contributed by atoms with Crippen molar-refractivity contribution in [3.05, 3.63) is 16.3 Å². The number of imidazole rings is 1. The Morgan fingerprint density at radius 1 is 1.47 bits per heavy atom. The van der Waals surface area contributed by atoms with E-state index in [1.165, 1.54) is 25.5 Å². The fraction of sp³-hybridized carbons (Fsp3) is 0.750. The molecule has 0 bridgehead atoms. The minimum absolute atomic E-state index is 0.143. The molecule has 0 aromatic carbocycles. The van der Waals surface area contributed by atoms with Crippen molar-refractivity contribution < 1.29 is 9.66 Å². The summed E-state index contributed by atoms with van der Waals surface area (Å²) in [6.45, 7) is 5.74. The highest BCUT2D eigenvalue weighted by atomic mass is 16.6. The van der Waals surface area contributed by atoms with Crippen LogP contribution in [0.25, 0.3) is 0 Å². The molecular formula is C12H18N4O3. The SMILES string of the molecule is C[C@]1(CN2CCCCC2)Cn2cc([N+](=O)[O-])nc2O1. The first-order valence-corrected chi connectivity index (χ1v) is 6.69. The lowest BCUT2D eigenvalue weighted by molar-refractivity contribution is -0.389. The molecule has 1 fully saturated rings. The van der Waals surface area contributed by atoms with Gasteiger partial charge in [0.25, 0.3) is 0 Å². The van der Waals surface area contributed by atoms with Gasteiger partial charge in [-0.05, 0) is 37.8 Å². The summed E-state index contributed by atoms with van der Waals surface area (Å²) >= 11 is 0. The molecule has 7 heteroatoms. The van der Waals surface area contributed by atoms with Gasteiger partial charge in [-0.25, -0.2) is 0 Å². The molecule has 1 aromatic rings. The van der Waals surface area contributed by atoms with E-state index in [0.717, 1.165) is 19.6 Å². The maximum Gasteiger partial charge on any atom is 0.415 e. The molecule has 104 valence electrons. The predicted molar refractivity (Wildman–Crippen MR) is 68.2 cm³/mol. The molecule has 0 aliphatic carbocycles. The lowest BCUT2D eigenvalue weighted by Crippen LogP contribution is -2.46. The van der Waals surface area contributed by atoms with Crippen LogP contribution in [-0.2, 0) is 6.54 Å². The van der Waals surface area contributed by atoms with Gasteiger partial charge in [-0.1, -0.05) is 6.42 Å². The van der Waals surface area contributed by atoms with Gasteiger partial charge in [-0.15, -0.1) is 0 Å². The van der Waals surface area contributed by atoms with Gasteiger partial charge >= 0.3 is 11.8 Å². The van der Waals surface area contributed by atoms with Crippen molar-refractivity contribution in [2.75, 3.05) is 19.6 Å². The van der Waals surface area contributed by atoms with E-state index in [1.807, 2.05) is 6.92 Å². The van der Waals surface area contributed by atoms with Crippen molar-refractivity contribution >= 4 is 5.82 Å². The molecule has 3 heterocycles. The molecule has 0 unspecified atom stereocenters. The molecule has 0 saturated carbocycles. The molecule has 0 amide bonds. The summed E-state index contributed by atoms with van der Waals surface area (Å²) in [4.78, 5) is 16.5. The largest absolute Gasteiger partial charge is 0.436 e. The number of hydrogen-bond donors (Lipinski definition) is 0. The molecular weight excluding hydrogens is 248 g/mol. The van der Waals surface area contributed by atoms with E-state index < -0.39 is 4.92 Å². The number of nitrogens with zero attached hydrogens (tertiary/aromatic N) is 4. The normalized spacial score (nSPS) is 27.0. The third-order valence-electron chi connectivity index (χ3n) is 3.76. The topological polar surface area (TPSA) is 73.4 Å². The summed E-state index contributed by atoms with van der Waals surface area (Å²) in [5, 5.41) is 10.7. The van der Waals surface area contributed by atoms with Crippen LogP contribution in [0.3, 0.4) is 0 Å². The highest BCUT2D eigenvalue weighted by molar-refractivity contribution is 5.23. The van der Waals surface area contributed by atoms with E-state index in [2.05, 4.69) is 9.88 Å². The van der Waals surface area contributed by atoms with E-state index in [0.29, 0.717) is 12.6 Å². The molecule has 1 atom stereocenters.